The predicted octanol–water partition coefficient (Wildman–Crippen LogP) is 0.709. The van der Waals surface area contributed by atoms with Gasteiger partial charge in [0.05, 0.1) is 0 Å². The second-order valence-electron chi connectivity index (χ2n) is 7.13. The third-order valence-electron chi connectivity index (χ3n) is 4.24. The average Bonchev–Trinajstić information content (AvgIpc) is 3.11. The molecule has 1 aromatic carbocycles. The third-order valence-corrected chi connectivity index (χ3v) is 4.24. The number of imide groups is 1. The number of urea groups is 1. The molecular formula is C20H26N4O6. The highest BCUT2D eigenvalue weighted by Crippen LogP contribution is 2.21. The van der Waals surface area contributed by atoms with E-state index >= 15 is 0 Å². The first-order chi connectivity index (χ1) is 14.2. The van der Waals surface area contributed by atoms with Crippen molar-refractivity contribution < 1.29 is 28.7 Å². The highest BCUT2D eigenvalue weighted by molar-refractivity contribution is 5.99. The van der Waals surface area contributed by atoms with Crippen molar-refractivity contribution in [1.82, 2.24) is 16.0 Å². The van der Waals surface area contributed by atoms with Crippen LogP contribution in [-0.4, -0.2) is 55.0 Å². The zero-order valence-corrected chi connectivity index (χ0v) is 17.2. The van der Waals surface area contributed by atoms with E-state index in [9.17, 15) is 24.0 Å². The fraction of sp³-hybridized carbons (Fsp3) is 0.450. The van der Waals surface area contributed by atoms with Crippen molar-refractivity contribution in [2.75, 3.05) is 18.0 Å². The molecule has 1 heterocycles. The van der Waals surface area contributed by atoms with Crippen LogP contribution in [0.2, 0.25) is 0 Å². The minimum Gasteiger partial charge on any atom is -0.451 e. The van der Waals surface area contributed by atoms with Crippen LogP contribution in [0.25, 0.3) is 0 Å². The Kier molecular flexibility index (Phi) is 7.90. The molecule has 1 saturated heterocycles. The zero-order chi connectivity index (χ0) is 22.3. The number of amides is 5. The lowest BCUT2D eigenvalue weighted by Crippen LogP contribution is -2.47. The summed E-state index contributed by atoms with van der Waals surface area (Å²) in [6.45, 7) is 4.99. The second-order valence-corrected chi connectivity index (χ2v) is 7.13. The Bertz CT molecular complexity index is 821. The molecule has 1 aliphatic heterocycles. The van der Waals surface area contributed by atoms with Crippen LogP contribution in [0.5, 0.6) is 0 Å². The van der Waals surface area contributed by atoms with Gasteiger partial charge in [-0.2, -0.15) is 0 Å². The molecule has 162 valence electrons. The van der Waals surface area contributed by atoms with Crippen molar-refractivity contribution in [3.63, 3.8) is 0 Å². The molecule has 0 radical (unpaired) electrons. The van der Waals surface area contributed by atoms with E-state index in [1.54, 1.807) is 43.0 Å². The lowest BCUT2D eigenvalue weighted by atomic mass is 10.2. The first kappa shape index (κ1) is 22.9. The van der Waals surface area contributed by atoms with E-state index in [0.717, 1.165) is 12.1 Å². The maximum Gasteiger partial charge on any atom is 0.326 e. The highest BCUT2D eigenvalue weighted by atomic mass is 16.5. The maximum atomic E-state index is 12.2. The summed E-state index contributed by atoms with van der Waals surface area (Å²) in [6.07, 6.45) is 0.121. The van der Waals surface area contributed by atoms with Crippen LogP contribution in [0.4, 0.5) is 10.5 Å². The minimum absolute atomic E-state index is 0.0507. The van der Waals surface area contributed by atoms with E-state index in [2.05, 4.69) is 16.0 Å². The SMILES string of the molecule is CC(C)NC(=O)NC(=O)[C@@H](C)OC(=O)CNC(=O)c1ccc(N2CCCC2=O)cc1. The van der Waals surface area contributed by atoms with Gasteiger partial charge in [0.25, 0.3) is 11.8 Å². The molecule has 1 atom stereocenters. The van der Waals surface area contributed by atoms with E-state index in [0.29, 0.717) is 18.5 Å². The molecule has 0 spiro atoms. The molecule has 2 rings (SSSR count). The molecule has 1 aromatic rings. The molecule has 0 aromatic heterocycles. The Morgan fingerprint density at radius 1 is 1.10 bits per heavy atom. The van der Waals surface area contributed by atoms with Crippen molar-refractivity contribution in [3.05, 3.63) is 29.8 Å². The Balaban J connectivity index is 1.78. The summed E-state index contributed by atoms with van der Waals surface area (Å²) in [7, 11) is 0. The van der Waals surface area contributed by atoms with Crippen molar-refractivity contribution in [1.29, 1.82) is 0 Å². The molecule has 0 unspecified atom stereocenters. The van der Waals surface area contributed by atoms with Crippen LogP contribution in [0.3, 0.4) is 0 Å². The molecule has 1 fully saturated rings. The Morgan fingerprint density at radius 3 is 2.33 bits per heavy atom. The summed E-state index contributed by atoms with van der Waals surface area (Å²) in [5.74, 6) is -2.05. The number of carbonyl (C=O) groups is 5. The molecule has 0 saturated carbocycles. The molecule has 1 aliphatic rings. The molecule has 3 N–H and O–H groups in total. The molecule has 0 bridgehead atoms. The summed E-state index contributed by atoms with van der Waals surface area (Å²) in [5.41, 5.74) is 1.03. The van der Waals surface area contributed by atoms with Gasteiger partial charge in [0, 0.05) is 30.3 Å². The molecule has 10 nitrogen and oxygen atoms in total. The van der Waals surface area contributed by atoms with Gasteiger partial charge in [-0.05, 0) is 51.5 Å². The van der Waals surface area contributed by atoms with E-state index in [1.807, 2.05) is 0 Å². The van der Waals surface area contributed by atoms with Gasteiger partial charge in [-0.3, -0.25) is 24.5 Å². The van der Waals surface area contributed by atoms with Gasteiger partial charge < -0.3 is 20.3 Å². The predicted molar refractivity (Wildman–Crippen MR) is 108 cm³/mol. The van der Waals surface area contributed by atoms with Crippen LogP contribution >= 0.6 is 0 Å². The Morgan fingerprint density at radius 2 is 1.77 bits per heavy atom. The number of hydrogen-bond donors (Lipinski definition) is 3. The number of carbonyl (C=O) groups excluding carboxylic acids is 5. The van der Waals surface area contributed by atoms with E-state index in [-0.39, 0.29) is 11.9 Å². The first-order valence-corrected chi connectivity index (χ1v) is 9.67. The average molecular weight is 418 g/mol. The number of anilines is 1. The molecule has 10 heteroatoms. The van der Waals surface area contributed by atoms with Crippen LogP contribution in [0.15, 0.2) is 24.3 Å². The normalized spacial score (nSPS) is 14.3. The molecule has 0 aliphatic carbocycles. The quantitative estimate of drug-likeness (QED) is 0.559. The van der Waals surface area contributed by atoms with E-state index in [4.69, 9.17) is 4.74 Å². The highest BCUT2D eigenvalue weighted by Gasteiger charge is 2.22. The fourth-order valence-corrected chi connectivity index (χ4v) is 2.77. The topological polar surface area (TPSA) is 134 Å². The standard InChI is InChI=1S/C20H26N4O6/c1-12(2)22-20(29)23-18(27)13(3)30-17(26)11-21-19(28)14-6-8-15(9-7-14)24-10-4-5-16(24)25/h6-9,12-13H,4-5,10-11H2,1-3H3,(H,21,28)(H2,22,23,27,29)/t13-/m1/s1. The molecule has 5 amide bonds. The number of esters is 1. The van der Waals surface area contributed by atoms with Crippen molar-refractivity contribution in [3.8, 4) is 0 Å². The number of nitrogens with one attached hydrogen (secondary N) is 3. The van der Waals surface area contributed by atoms with Gasteiger partial charge in [0.15, 0.2) is 6.10 Å². The van der Waals surface area contributed by atoms with Crippen LogP contribution in [0.1, 0.15) is 44.0 Å². The van der Waals surface area contributed by atoms with Crippen molar-refractivity contribution >= 4 is 35.4 Å². The summed E-state index contributed by atoms with van der Waals surface area (Å²) < 4.78 is 4.91. The van der Waals surface area contributed by atoms with Gasteiger partial charge in [0.2, 0.25) is 5.91 Å². The number of benzene rings is 1. The monoisotopic (exact) mass is 418 g/mol. The smallest absolute Gasteiger partial charge is 0.326 e. The number of rotatable bonds is 7. The molecule has 30 heavy (non-hydrogen) atoms. The van der Waals surface area contributed by atoms with Gasteiger partial charge in [0.1, 0.15) is 6.54 Å². The fourth-order valence-electron chi connectivity index (χ4n) is 2.77. The van der Waals surface area contributed by atoms with Crippen molar-refractivity contribution in [2.24, 2.45) is 0 Å². The van der Waals surface area contributed by atoms with Gasteiger partial charge >= 0.3 is 12.0 Å². The van der Waals surface area contributed by atoms with E-state index < -0.39 is 36.5 Å². The second kappa shape index (κ2) is 10.4. The van der Waals surface area contributed by atoms with E-state index in [1.165, 1.54) is 6.92 Å². The van der Waals surface area contributed by atoms with Crippen molar-refractivity contribution in [2.45, 2.75) is 45.8 Å². The van der Waals surface area contributed by atoms with Crippen LogP contribution in [-0.2, 0) is 19.1 Å². The maximum absolute atomic E-state index is 12.2. The van der Waals surface area contributed by atoms with Gasteiger partial charge in [-0.1, -0.05) is 0 Å². The molecular weight excluding hydrogens is 392 g/mol. The van der Waals surface area contributed by atoms with Crippen LogP contribution in [0, 0.1) is 0 Å². The van der Waals surface area contributed by atoms with Crippen LogP contribution < -0.4 is 20.9 Å². The minimum atomic E-state index is -1.20. The lowest BCUT2D eigenvalue weighted by molar-refractivity contribution is -0.153. The lowest BCUT2D eigenvalue weighted by Gasteiger charge is -2.16. The Hall–Kier alpha value is -3.43. The summed E-state index contributed by atoms with van der Waals surface area (Å²) in [6, 6.07) is 5.62. The summed E-state index contributed by atoms with van der Waals surface area (Å²) >= 11 is 0. The van der Waals surface area contributed by atoms with Gasteiger partial charge in [-0.15, -0.1) is 0 Å². The first-order valence-electron chi connectivity index (χ1n) is 9.67. The number of hydrogen-bond acceptors (Lipinski definition) is 6. The summed E-state index contributed by atoms with van der Waals surface area (Å²) in [4.78, 5) is 60.8. The Labute approximate surface area is 174 Å². The largest absolute Gasteiger partial charge is 0.451 e. The van der Waals surface area contributed by atoms with Gasteiger partial charge in [-0.25, -0.2) is 4.79 Å². The number of ether oxygens (including phenoxy) is 1. The third kappa shape index (κ3) is 6.57. The zero-order valence-electron chi connectivity index (χ0n) is 17.2. The summed E-state index contributed by atoms with van der Waals surface area (Å²) in [5, 5.41) is 6.93. The number of nitrogens with zero attached hydrogens (tertiary/aromatic N) is 1.